The molecule has 1 amide bonds. The molecule has 0 saturated heterocycles. The number of imidazole rings is 1. The van der Waals surface area contributed by atoms with Gasteiger partial charge in [0.25, 0.3) is 0 Å². The second kappa shape index (κ2) is 6.45. The predicted octanol–water partition coefficient (Wildman–Crippen LogP) is 3.20. The highest BCUT2D eigenvalue weighted by Gasteiger charge is 2.24. The first-order valence-corrected chi connectivity index (χ1v) is 9.01. The average molecular weight is 371 g/mol. The Hall–Kier alpha value is -3.74. The van der Waals surface area contributed by atoms with Crippen molar-refractivity contribution >= 4 is 17.4 Å². The van der Waals surface area contributed by atoms with Crippen LogP contribution >= 0.6 is 0 Å². The van der Waals surface area contributed by atoms with E-state index in [1.54, 1.807) is 30.4 Å². The number of aromatic nitrogens is 4. The molecule has 1 aromatic carbocycles. The fraction of sp³-hybridized carbons (Fsp3) is 0.143. The van der Waals surface area contributed by atoms with Crippen LogP contribution in [0.2, 0.25) is 0 Å². The number of nitrogens with zero attached hydrogens (tertiary/aromatic N) is 5. The van der Waals surface area contributed by atoms with E-state index in [-0.39, 0.29) is 5.91 Å². The minimum absolute atomic E-state index is 0.00383. The molecule has 1 aliphatic heterocycles. The van der Waals surface area contributed by atoms with E-state index < -0.39 is 0 Å². The third-order valence-corrected chi connectivity index (χ3v) is 4.83. The maximum Gasteiger partial charge on any atom is 0.234 e. The molecule has 1 aliphatic rings. The molecule has 3 aromatic heterocycles. The summed E-state index contributed by atoms with van der Waals surface area (Å²) in [4.78, 5) is 27.1. The number of hydrogen-bond donors (Lipinski definition) is 0. The second-order valence-corrected chi connectivity index (χ2v) is 6.54. The average Bonchev–Trinajstić information content (AvgIpc) is 3.13. The van der Waals surface area contributed by atoms with Gasteiger partial charge in [0.05, 0.1) is 23.6 Å². The predicted molar refractivity (Wildman–Crippen MR) is 105 cm³/mol. The van der Waals surface area contributed by atoms with E-state index in [1.165, 1.54) is 0 Å². The molecule has 0 aliphatic carbocycles. The molecule has 4 aromatic rings. The van der Waals surface area contributed by atoms with Crippen molar-refractivity contribution in [2.45, 2.75) is 6.92 Å². The lowest BCUT2D eigenvalue weighted by Crippen LogP contribution is -2.36. The Labute approximate surface area is 161 Å². The van der Waals surface area contributed by atoms with Crippen molar-refractivity contribution < 1.29 is 9.53 Å². The first-order valence-electron chi connectivity index (χ1n) is 9.01. The molecule has 0 N–H and O–H groups in total. The first-order chi connectivity index (χ1) is 13.7. The minimum atomic E-state index is -0.00383. The highest BCUT2D eigenvalue weighted by atomic mass is 16.5. The third kappa shape index (κ3) is 2.60. The summed E-state index contributed by atoms with van der Waals surface area (Å²) in [6, 6.07) is 11.6. The number of carbonyl (C=O) groups is 1. The Bertz CT molecular complexity index is 1190. The summed E-state index contributed by atoms with van der Waals surface area (Å²) in [6.45, 7) is 2.60. The molecule has 0 bridgehead atoms. The van der Waals surface area contributed by atoms with Crippen molar-refractivity contribution in [1.29, 1.82) is 0 Å². The second-order valence-electron chi connectivity index (χ2n) is 6.54. The largest absolute Gasteiger partial charge is 0.490 e. The third-order valence-electron chi connectivity index (χ3n) is 4.83. The van der Waals surface area contributed by atoms with Crippen LogP contribution in [0.3, 0.4) is 0 Å². The summed E-state index contributed by atoms with van der Waals surface area (Å²) in [5, 5.41) is 0. The fourth-order valence-corrected chi connectivity index (χ4v) is 3.57. The standard InChI is InChI=1S/C21H17N5O2/c1-14(27)25-11-12-28-18-4-3-16(13-17(18)25)20-19(15-5-8-22-9-6-15)24-21-23-7-2-10-26(20)21/h2-10,13H,11-12H2,1H3. The van der Waals surface area contributed by atoms with E-state index in [0.29, 0.717) is 24.7 Å². The summed E-state index contributed by atoms with van der Waals surface area (Å²) in [7, 11) is 0. The molecule has 0 saturated carbocycles. The summed E-state index contributed by atoms with van der Waals surface area (Å²) in [5.74, 6) is 1.32. The van der Waals surface area contributed by atoms with Gasteiger partial charge in [-0.15, -0.1) is 0 Å². The van der Waals surface area contributed by atoms with Crippen molar-refractivity contribution in [3.8, 4) is 28.3 Å². The van der Waals surface area contributed by atoms with Crippen LogP contribution in [-0.4, -0.2) is 38.4 Å². The lowest BCUT2D eigenvalue weighted by Gasteiger charge is -2.29. The van der Waals surface area contributed by atoms with Gasteiger partial charge in [0, 0.05) is 42.8 Å². The van der Waals surface area contributed by atoms with Gasteiger partial charge in [0.1, 0.15) is 12.4 Å². The topological polar surface area (TPSA) is 72.6 Å². The Morgan fingerprint density at radius 1 is 1.11 bits per heavy atom. The molecule has 0 spiro atoms. The normalized spacial score (nSPS) is 13.2. The number of fused-ring (bicyclic) bond motifs is 2. The van der Waals surface area contributed by atoms with Crippen LogP contribution in [0.5, 0.6) is 5.75 Å². The van der Waals surface area contributed by atoms with Gasteiger partial charge in [-0.2, -0.15) is 0 Å². The summed E-state index contributed by atoms with van der Waals surface area (Å²) in [6.07, 6.45) is 7.15. The number of ether oxygens (including phenoxy) is 1. The highest BCUT2D eigenvalue weighted by Crippen LogP contribution is 2.39. The van der Waals surface area contributed by atoms with Gasteiger partial charge in [-0.1, -0.05) is 0 Å². The van der Waals surface area contributed by atoms with Gasteiger partial charge in [0.15, 0.2) is 0 Å². The zero-order valence-corrected chi connectivity index (χ0v) is 15.2. The van der Waals surface area contributed by atoms with E-state index in [2.05, 4.69) is 9.97 Å². The molecule has 7 heteroatoms. The summed E-state index contributed by atoms with van der Waals surface area (Å²) < 4.78 is 7.70. The number of amides is 1. The number of pyridine rings is 1. The molecular formula is C21H17N5O2. The highest BCUT2D eigenvalue weighted by molar-refractivity contribution is 5.95. The van der Waals surface area contributed by atoms with Crippen molar-refractivity contribution in [2.24, 2.45) is 0 Å². The maximum absolute atomic E-state index is 12.1. The quantitative estimate of drug-likeness (QED) is 0.541. The van der Waals surface area contributed by atoms with Gasteiger partial charge in [0.2, 0.25) is 11.7 Å². The van der Waals surface area contributed by atoms with E-state index in [9.17, 15) is 4.79 Å². The summed E-state index contributed by atoms with van der Waals surface area (Å²) >= 11 is 0. The van der Waals surface area contributed by atoms with Crippen LogP contribution < -0.4 is 9.64 Å². The van der Waals surface area contributed by atoms with E-state index in [4.69, 9.17) is 9.72 Å². The first kappa shape index (κ1) is 16.4. The van der Waals surface area contributed by atoms with E-state index in [0.717, 1.165) is 28.2 Å². The van der Waals surface area contributed by atoms with Crippen LogP contribution in [0, 0.1) is 0 Å². The molecule has 0 radical (unpaired) electrons. The number of benzene rings is 1. The zero-order chi connectivity index (χ0) is 19.1. The van der Waals surface area contributed by atoms with Crippen LogP contribution in [0.15, 0.2) is 61.2 Å². The van der Waals surface area contributed by atoms with Crippen LogP contribution in [0.1, 0.15) is 6.92 Å². The molecule has 5 rings (SSSR count). The lowest BCUT2D eigenvalue weighted by atomic mass is 10.0. The van der Waals surface area contributed by atoms with Gasteiger partial charge >= 0.3 is 0 Å². The molecule has 4 heterocycles. The number of rotatable bonds is 2. The monoisotopic (exact) mass is 371 g/mol. The molecule has 0 atom stereocenters. The molecule has 0 fully saturated rings. The SMILES string of the molecule is CC(=O)N1CCOc2ccc(-c3c(-c4ccncc4)nc4ncccn34)cc21. The van der Waals surface area contributed by atoms with Crippen LogP contribution in [0.25, 0.3) is 28.3 Å². The van der Waals surface area contributed by atoms with Crippen molar-refractivity contribution in [1.82, 2.24) is 19.4 Å². The van der Waals surface area contributed by atoms with Gasteiger partial charge in [-0.3, -0.25) is 14.2 Å². The minimum Gasteiger partial charge on any atom is -0.490 e. The van der Waals surface area contributed by atoms with E-state index in [1.807, 2.05) is 47.0 Å². The van der Waals surface area contributed by atoms with Gasteiger partial charge < -0.3 is 9.64 Å². The van der Waals surface area contributed by atoms with E-state index >= 15 is 0 Å². The number of anilines is 1. The molecular weight excluding hydrogens is 354 g/mol. The van der Waals surface area contributed by atoms with Crippen LogP contribution in [0.4, 0.5) is 5.69 Å². The lowest BCUT2D eigenvalue weighted by molar-refractivity contribution is -0.116. The van der Waals surface area contributed by atoms with Crippen LogP contribution in [-0.2, 0) is 4.79 Å². The molecule has 28 heavy (non-hydrogen) atoms. The smallest absolute Gasteiger partial charge is 0.234 e. The van der Waals surface area contributed by atoms with Gasteiger partial charge in [-0.05, 0) is 36.4 Å². The Morgan fingerprint density at radius 2 is 1.96 bits per heavy atom. The zero-order valence-electron chi connectivity index (χ0n) is 15.2. The number of carbonyl (C=O) groups excluding carboxylic acids is 1. The van der Waals surface area contributed by atoms with Crippen molar-refractivity contribution in [3.05, 3.63) is 61.2 Å². The fourth-order valence-electron chi connectivity index (χ4n) is 3.57. The molecule has 7 nitrogen and oxygen atoms in total. The van der Waals surface area contributed by atoms with Crippen molar-refractivity contribution in [2.75, 3.05) is 18.1 Å². The Kier molecular flexibility index (Phi) is 3.79. The van der Waals surface area contributed by atoms with Gasteiger partial charge in [-0.25, -0.2) is 9.97 Å². The molecule has 138 valence electrons. The Morgan fingerprint density at radius 3 is 2.79 bits per heavy atom. The molecule has 0 unspecified atom stereocenters. The Balaban J connectivity index is 1.76. The maximum atomic E-state index is 12.1. The summed E-state index contributed by atoms with van der Waals surface area (Å²) in [5.41, 5.74) is 4.38. The number of hydrogen-bond acceptors (Lipinski definition) is 5. The van der Waals surface area contributed by atoms with Crippen molar-refractivity contribution in [3.63, 3.8) is 0 Å².